The van der Waals surface area contributed by atoms with E-state index in [4.69, 9.17) is 65.1 Å². The zero-order valence-corrected chi connectivity index (χ0v) is 85.5. The maximum Gasteiger partial charge on any atom is 0.432 e. The molecule has 2 aliphatic rings. The molecule has 0 unspecified atom stereocenters. The molecule has 2 aliphatic heterocycles. The Labute approximate surface area is 825 Å². The van der Waals surface area contributed by atoms with Gasteiger partial charge in [-0.1, -0.05) is 97.1 Å². The van der Waals surface area contributed by atoms with E-state index in [0.29, 0.717) is 75.4 Å². The number of H-pyrrole nitrogens is 2. The largest absolute Gasteiger partial charge is 0.494 e. The van der Waals surface area contributed by atoms with Crippen molar-refractivity contribution in [2.45, 2.75) is 159 Å². The molecule has 0 spiro atoms. The van der Waals surface area contributed by atoms with Crippen molar-refractivity contribution >= 4 is 100 Å². The quantitative estimate of drug-likeness (QED) is 0.0125. The number of hydrogen-bond acceptors (Lipinski definition) is 22. The third-order valence-corrected chi connectivity index (χ3v) is 29.9. The molecule has 5 heterocycles. The number of rotatable bonds is 64. The number of ether oxygens (including phenoxy) is 4. The van der Waals surface area contributed by atoms with E-state index < -0.39 is 31.0 Å². The summed E-state index contributed by atoms with van der Waals surface area (Å²) in [6.07, 6.45) is 19.9. The molecule has 140 heavy (non-hydrogen) atoms. The van der Waals surface area contributed by atoms with Gasteiger partial charge in [-0.15, -0.1) is 0 Å². The number of unbranched alkanes of at least 4 members (excludes halogenated alkanes) is 8. The number of aromatic amines is 2. The fourth-order valence-electron chi connectivity index (χ4n) is 16.3. The molecule has 0 atom stereocenters. The summed E-state index contributed by atoms with van der Waals surface area (Å²) in [5.74, 6) is 3.08. The standard InChI is InChI=1S/C108H138N12O16P4/c1-9-129-137(121,130-10-2)117-89-45-29-81(30-46-89)77-109-69-21-17-25-73-125-93-53-37-85(38-54-93)105-97-61-63-99(113-97)106(86-39-55-94(56-40-86)126-74-26-18-22-70-110-78-82-31-47-90(48-32-82)118-138(122,131-11-3)132-12-4)101-65-67-103(115-101)108(88-43-59-96(60-44-88)128-76-28-20-24-72-112-80-84-35-51-92(52-36-84)120-140(124,135-15-7)136-16-8)104-68-66-102(116-104)107(100-64-62-98(105)114-100)87-41-57-95(58-42-87)127-75-27-19-23-71-111-79-83-33-49-91(50-34-83)119-139(123,133-13-5)134-14-6/h29-68,109-113,116H,9-28,69-80H2,1-8H3,(H,117,121)(H,118,122)(H,119,123)(H,120,124). The van der Waals surface area contributed by atoms with E-state index in [-0.39, 0.29) is 52.9 Å². The van der Waals surface area contributed by atoms with Gasteiger partial charge in [-0.25, -0.2) is 28.2 Å². The van der Waals surface area contributed by atoms with E-state index in [9.17, 15) is 18.3 Å². The lowest BCUT2D eigenvalue weighted by molar-refractivity contribution is 0.224. The molecule has 0 fully saturated rings. The van der Waals surface area contributed by atoms with Gasteiger partial charge in [0.2, 0.25) is 0 Å². The van der Waals surface area contributed by atoms with Gasteiger partial charge in [0.15, 0.2) is 0 Å². The predicted molar refractivity (Wildman–Crippen MR) is 569 cm³/mol. The van der Waals surface area contributed by atoms with Crippen molar-refractivity contribution in [3.05, 3.63) is 263 Å². The first-order chi connectivity index (χ1) is 68.4. The topological polar surface area (TPSA) is 333 Å². The van der Waals surface area contributed by atoms with Gasteiger partial charge in [0.25, 0.3) is 0 Å². The van der Waals surface area contributed by atoms with Crippen LogP contribution in [0, 0.1) is 0 Å². The summed E-state index contributed by atoms with van der Waals surface area (Å²) in [5, 5.41) is 26.0. The molecule has 0 amide bonds. The third-order valence-electron chi connectivity index (χ3n) is 23.0. The van der Waals surface area contributed by atoms with Crippen molar-refractivity contribution < 1.29 is 73.4 Å². The van der Waals surface area contributed by atoms with Crippen LogP contribution in [0.5, 0.6) is 23.0 Å². The van der Waals surface area contributed by atoms with Crippen LogP contribution in [-0.4, -0.2) is 125 Å². The van der Waals surface area contributed by atoms with Gasteiger partial charge in [-0.3, -0.25) is 56.5 Å². The second-order valence-electron chi connectivity index (χ2n) is 33.5. The van der Waals surface area contributed by atoms with Crippen LogP contribution in [0.1, 0.15) is 177 Å². The number of hydrogen-bond donors (Lipinski definition) is 10. The van der Waals surface area contributed by atoms with Gasteiger partial charge in [0, 0.05) is 93.2 Å². The average Bonchev–Trinajstić information content (AvgIpc) is 1.61. The Morgan fingerprint density at radius 1 is 0.236 bits per heavy atom. The van der Waals surface area contributed by atoms with Crippen LogP contribution >= 0.6 is 31.0 Å². The van der Waals surface area contributed by atoms with Gasteiger partial charge >= 0.3 is 31.0 Å². The van der Waals surface area contributed by atoms with Crippen LogP contribution in [-0.2, 0) is 80.6 Å². The summed E-state index contributed by atoms with van der Waals surface area (Å²) < 4.78 is 121. The summed E-state index contributed by atoms with van der Waals surface area (Å²) in [4.78, 5) is 19.2. The predicted octanol–water partition coefficient (Wildman–Crippen LogP) is 27.1. The van der Waals surface area contributed by atoms with Gasteiger partial charge in [-0.2, -0.15) is 0 Å². The smallest absolute Gasteiger partial charge is 0.432 e. The first kappa shape index (κ1) is 107. The van der Waals surface area contributed by atoms with Crippen molar-refractivity contribution in [3.63, 3.8) is 0 Å². The van der Waals surface area contributed by atoms with Gasteiger partial charge in [0.05, 0.1) is 102 Å². The molecule has 8 aromatic carbocycles. The molecule has 28 nitrogen and oxygen atoms in total. The Balaban J connectivity index is 0.741. The summed E-state index contributed by atoms with van der Waals surface area (Å²) in [6, 6.07) is 73.1. The molecule has 13 rings (SSSR count). The molecule has 0 saturated carbocycles. The SMILES string of the molecule is CCOP(=O)(Nc1ccc(CNCCCCCOc2ccc(-c3c4nc(c(-c5ccc(OCCCCCNCc6ccc(NP(=O)(OCC)OCC)cc6)cc5)c5ccc([nH]5)c(-c5ccc(OCCCCCNCc6ccc(NP(=O)(OCC)OCC)cc6)cc5)c5nc(c(-c6ccc(OCCCCCNCc7ccc(NP(=O)(OCC)OCC)cc7)cc6)c6ccc3[nH]6)C=C5)C=C4)cc2)cc1)OCC. The highest BCUT2D eigenvalue weighted by atomic mass is 31.2. The average molecular weight is 1980 g/mol. The van der Waals surface area contributed by atoms with Crippen LogP contribution in [0.3, 0.4) is 0 Å². The molecule has 3 aromatic heterocycles. The van der Waals surface area contributed by atoms with Crippen molar-refractivity contribution in [1.29, 1.82) is 0 Å². The van der Waals surface area contributed by atoms with Gasteiger partial charge in [0.1, 0.15) is 23.0 Å². The highest BCUT2D eigenvalue weighted by Gasteiger charge is 2.29. The van der Waals surface area contributed by atoms with Crippen molar-refractivity contribution in [1.82, 2.24) is 41.2 Å². The van der Waals surface area contributed by atoms with E-state index >= 15 is 0 Å². The first-order valence-corrected chi connectivity index (χ1v) is 55.5. The fraction of sp³-hybridized carbons (Fsp3) is 0.370. The van der Waals surface area contributed by atoms with E-state index in [2.05, 4.69) is 149 Å². The molecular formula is C108H138N12O16P4. The number of nitrogens with one attached hydrogen (secondary N) is 10. The number of anilines is 4. The van der Waals surface area contributed by atoms with E-state index in [0.717, 1.165) is 238 Å². The summed E-state index contributed by atoms with van der Waals surface area (Å²) >= 11 is 0. The zero-order valence-electron chi connectivity index (χ0n) is 81.9. The minimum atomic E-state index is -3.44. The molecule has 11 aromatic rings. The first-order valence-electron chi connectivity index (χ1n) is 49.4. The Bertz CT molecular complexity index is 5350. The number of fused-ring (bicyclic) bond motifs is 8. The van der Waals surface area contributed by atoms with Crippen LogP contribution in [0.4, 0.5) is 22.7 Å². The number of nitrogens with zero attached hydrogens (tertiary/aromatic N) is 2. The highest BCUT2D eigenvalue weighted by Crippen LogP contribution is 2.52. The Kier molecular flexibility index (Phi) is 42.3. The zero-order chi connectivity index (χ0) is 98.0. The highest BCUT2D eigenvalue weighted by molar-refractivity contribution is 7.56. The van der Waals surface area contributed by atoms with Crippen LogP contribution in [0.25, 0.3) is 90.9 Å². The molecule has 0 radical (unpaired) electrons. The number of aromatic nitrogens is 4. The molecule has 0 aliphatic carbocycles. The van der Waals surface area contributed by atoms with Crippen LogP contribution in [0.2, 0.25) is 0 Å². The minimum absolute atomic E-state index is 0.270. The van der Waals surface area contributed by atoms with Crippen LogP contribution in [0.15, 0.2) is 218 Å². The van der Waals surface area contributed by atoms with Crippen molar-refractivity contribution in [2.24, 2.45) is 0 Å². The third kappa shape index (κ3) is 32.6. The Hall–Kier alpha value is -10.8. The maximum atomic E-state index is 13.1. The van der Waals surface area contributed by atoms with Crippen molar-refractivity contribution in [3.8, 4) is 67.5 Å². The molecule has 746 valence electrons. The number of benzene rings is 8. The fourth-order valence-corrected chi connectivity index (χ4v) is 21.7. The van der Waals surface area contributed by atoms with E-state index in [1.165, 1.54) is 0 Å². The molecule has 0 saturated heterocycles. The molecular weight excluding hydrogens is 1850 g/mol. The Morgan fingerprint density at radius 2 is 0.429 bits per heavy atom. The molecule has 8 bridgehead atoms. The minimum Gasteiger partial charge on any atom is -0.494 e. The summed E-state index contributed by atoms with van der Waals surface area (Å²) in [7, 11) is -13.7. The maximum absolute atomic E-state index is 13.1. The summed E-state index contributed by atoms with van der Waals surface area (Å²) in [5.41, 5.74) is 21.0. The lowest BCUT2D eigenvalue weighted by Gasteiger charge is -2.18. The van der Waals surface area contributed by atoms with Crippen molar-refractivity contribution in [2.75, 3.05) is 126 Å². The molecule has 32 heteroatoms. The van der Waals surface area contributed by atoms with E-state index in [1.807, 2.05) is 146 Å². The summed E-state index contributed by atoms with van der Waals surface area (Å²) in [6.45, 7) is 24.9. The normalized spacial score (nSPS) is 12.2. The van der Waals surface area contributed by atoms with E-state index in [1.54, 1.807) is 55.4 Å². The van der Waals surface area contributed by atoms with Crippen LogP contribution < -0.4 is 60.6 Å². The second kappa shape index (κ2) is 55.6. The Morgan fingerprint density at radius 3 is 0.614 bits per heavy atom. The second-order valence-corrected chi connectivity index (χ2v) is 40.5. The monoisotopic (exact) mass is 1980 g/mol. The van der Waals surface area contributed by atoms with Gasteiger partial charge < -0.3 is 50.2 Å². The van der Waals surface area contributed by atoms with Gasteiger partial charge in [-0.05, 0) is 349 Å². The molecule has 10 N–H and O–H groups in total. The lowest BCUT2D eigenvalue weighted by atomic mass is 10.0. The lowest BCUT2D eigenvalue weighted by Crippen LogP contribution is -2.15.